The molecule has 6 heteroatoms. The van der Waals surface area contributed by atoms with Crippen LogP contribution >= 0.6 is 11.6 Å². The van der Waals surface area contributed by atoms with Gasteiger partial charge in [0.25, 0.3) is 0 Å². The Hall–Kier alpha value is -2.06. The summed E-state index contributed by atoms with van der Waals surface area (Å²) in [6.45, 7) is 0.688. The molecule has 0 spiro atoms. The Morgan fingerprint density at radius 1 is 1.56 bits per heavy atom. The molecule has 0 radical (unpaired) electrons. The molecule has 0 atom stereocenters. The summed E-state index contributed by atoms with van der Waals surface area (Å²) in [5, 5.41) is 16.4. The maximum absolute atomic E-state index is 8.85. The van der Waals surface area contributed by atoms with Crippen LogP contribution < -0.4 is 5.32 Å². The molecule has 0 aliphatic rings. The van der Waals surface area contributed by atoms with E-state index in [1.807, 2.05) is 25.5 Å². The molecule has 0 aliphatic carbocycles. The Kier molecular flexibility index (Phi) is 3.80. The third-order valence-corrected chi connectivity index (χ3v) is 2.86. The smallest absolute Gasteiger partial charge is 0.146 e. The number of aromatic nitrogens is 3. The Morgan fingerprint density at radius 3 is 3.06 bits per heavy atom. The van der Waals surface area contributed by atoms with Gasteiger partial charge in [-0.1, -0.05) is 11.6 Å². The molecule has 0 fully saturated rings. The minimum Gasteiger partial charge on any atom is -0.368 e. The zero-order chi connectivity index (χ0) is 13.0. The minimum absolute atomic E-state index is 0.367. The maximum Gasteiger partial charge on any atom is 0.146 e. The lowest BCUT2D eigenvalue weighted by Crippen LogP contribution is -2.06. The van der Waals surface area contributed by atoms with Crippen LogP contribution in [0.1, 0.15) is 11.1 Å². The second kappa shape index (κ2) is 5.52. The average Bonchev–Trinajstić information content (AvgIpc) is 2.77. The molecule has 0 aliphatic heterocycles. The normalized spacial score (nSPS) is 10.1. The van der Waals surface area contributed by atoms with Crippen LogP contribution in [0.3, 0.4) is 0 Å². The zero-order valence-corrected chi connectivity index (χ0v) is 10.6. The van der Waals surface area contributed by atoms with Gasteiger partial charge in [0.1, 0.15) is 16.9 Å². The van der Waals surface area contributed by atoms with E-state index < -0.39 is 0 Å². The highest BCUT2D eigenvalue weighted by atomic mass is 35.5. The first-order chi connectivity index (χ1) is 8.70. The number of halogens is 1. The van der Waals surface area contributed by atoms with Crippen LogP contribution in [-0.2, 0) is 13.5 Å². The Labute approximate surface area is 110 Å². The highest BCUT2D eigenvalue weighted by Crippen LogP contribution is 2.22. The van der Waals surface area contributed by atoms with Gasteiger partial charge in [0.2, 0.25) is 0 Å². The van der Waals surface area contributed by atoms with Crippen molar-refractivity contribution in [3.8, 4) is 6.07 Å². The largest absolute Gasteiger partial charge is 0.368 e. The van der Waals surface area contributed by atoms with Crippen LogP contribution in [0.2, 0.25) is 5.02 Å². The van der Waals surface area contributed by atoms with E-state index in [1.165, 1.54) is 0 Å². The number of nitrogens with one attached hydrogen (secondary N) is 1. The summed E-state index contributed by atoms with van der Waals surface area (Å²) in [4.78, 5) is 4.11. The number of nitriles is 1. The number of nitrogens with zero attached hydrogens (tertiary/aromatic N) is 4. The first-order valence-corrected chi connectivity index (χ1v) is 5.84. The molecule has 0 unspecified atom stereocenters. The zero-order valence-electron chi connectivity index (χ0n) is 9.89. The molecule has 5 nitrogen and oxygen atoms in total. The van der Waals surface area contributed by atoms with Crippen LogP contribution in [0.4, 0.5) is 5.82 Å². The van der Waals surface area contributed by atoms with E-state index in [2.05, 4.69) is 15.4 Å². The number of aryl methyl sites for hydroxylation is 1. The van der Waals surface area contributed by atoms with E-state index in [1.54, 1.807) is 16.9 Å². The van der Waals surface area contributed by atoms with E-state index in [-0.39, 0.29) is 0 Å². The number of pyridine rings is 1. The van der Waals surface area contributed by atoms with Crippen molar-refractivity contribution in [1.82, 2.24) is 14.8 Å². The Balaban J connectivity index is 1.97. The van der Waals surface area contributed by atoms with E-state index in [0.717, 1.165) is 12.0 Å². The van der Waals surface area contributed by atoms with E-state index in [4.69, 9.17) is 16.9 Å². The minimum atomic E-state index is 0.367. The first kappa shape index (κ1) is 12.4. The van der Waals surface area contributed by atoms with E-state index >= 15 is 0 Å². The van der Waals surface area contributed by atoms with Crippen molar-refractivity contribution >= 4 is 17.4 Å². The molecule has 0 bridgehead atoms. The topological polar surface area (TPSA) is 66.5 Å². The van der Waals surface area contributed by atoms with Crippen molar-refractivity contribution in [1.29, 1.82) is 5.26 Å². The molecule has 18 heavy (non-hydrogen) atoms. The van der Waals surface area contributed by atoms with Crippen molar-refractivity contribution in [2.45, 2.75) is 6.42 Å². The van der Waals surface area contributed by atoms with Crippen molar-refractivity contribution in [2.24, 2.45) is 7.05 Å². The number of rotatable bonds is 4. The van der Waals surface area contributed by atoms with Crippen molar-refractivity contribution in [3.63, 3.8) is 0 Å². The van der Waals surface area contributed by atoms with Crippen LogP contribution in [0, 0.1) is 11.3 Å². The fraction of sp³-hybridized carbons (Fsp3) is 0.250. The monoisotopic (exact) mass is 261 g/mol. The van der Waals surface area contributed by atoms with Gasteiger partial charge in [0, 0.05) is 26.0 Å². The van der Waals surface area contributed by atoms with Gasteiger partial charge in [0.05, 0.1) is 11.8 Å². The van der Waals surface area contributed by atoms with Crippen LogP contribution in [0.25, 0.3) is 0 Å². The van der Waals surface area contributed by atoms with Gasteiger partial charge in [-0.25, -0.2) is 4.98 Å². The molecule has 2 heterocycles. The molecule has 2 aromatic heterocycles. The summed E-state index contributed by atoms with van der Waals surface area (Å²) < 4.78 is 1.76. The second-order valence-electron chi connectivity index (χ2n) is 3.83. The molecule has 92 valence electrons. The molecule has 0 saturated heterocycles. The standard InChI is InChI=1S/C12H12ClN5/c1-18-8-9(7-17-18)2-4-15-12-11(13)10(6-14)3-5-16-12/h3,5,7-8H,2,4H2,1H3,(H,15,16). The van der Waals surface area contributed by atoms with Gasteiger partial charge in [-0.05, 0) is 18.1 Å². The maximum atomic E-state index is 8.85. The van der Waals surface area contributed by atoms with Gasteiger partial charge in [-0.15, -0.1) is 0 Å². The SMILES string of the molecule is Cn1cc(CCNc2nccc(C#N)c2Cl)cn1. The fourth-order valence-electron chi connectivity index (χ4n) is 1.58. The number of hydrogen-bond acceptors (Lipinski definition) is 4. The molecular formula is C12H12ClN5. The van der Waals surface area contributed by atoms with Gasteiger partial charge < -0.3 is 5.32 Å². The highest BCUT2D eigenvalue weighted by molar-refractivity contribution is 6.34. The lowest BCUT2D eigenvalue weighted by atomic mass is 10.2. The van der Waals surface area contributed by atoms with Crippen molar-refractivity contribution in [2.75, 3.05) is 11.9 Å². The van der Waals surface area contributed by atoms with Crippen LogP contribution in [-0.4, -0.2) is 21.3 Å². The summed E-state index contributed by atoms with van der Waals surface area (Å²) in [7, 11) is 1.88. The van der Waals surface area contributed by atoms with Gasteiger partial charge in [-0.2, -0.15) is 10.4 Å². The van der Waals surface area contributed by atoms with E-state index in [0.29, 0.717) is 22.9 Å². The fourth-order valence-corrected chi connectivity index (χ4v) is 1.80. The molecule has 0 saturated carbocycles. The lowest BCUT2D eigenvalue weighted by Gasteiger charge is -2.06. The Bertz CT molecular complexity index is 584. The van der Waals surface area contributed by atoms with Crippen molar-refractivity contribution in [3.05, 3.63) is 40.8 Å². The quantitative estimate of drug-likeness (QED) is 0.914. The summed E-state index contributed by atoms with van der Waals surface area (Å²) in [5.41, 5.74) is 1.56. The van der Waals surface area contributed by atoms with Crippen LogP contribution in [0.5, 0.6) is 0 Å². The molecular weight excluding hydrogens is 250 g/mol. The highest BCUT2D eigenvalue weighted by Gasteiger charge is 2.06. The summed E-state index contributed by atoms with van der Waals surface area (Å²) in [6.07, 6.45) is 6.17. The lowest BCUT2D eigenvalue weighted by molar-refractivity contribution is 0.767. The predicted octanol–water partition coefficient (Wildman–Crippen LogP) is 1.99. The molecule has 2 rings (SSSR count). The Morgan fingerprint density at radius 2 is 2.39 bits per heavy atom. The second-order valence-corrected chi connectivity index (χ2v) is 4.21. The van der Waals surface area contributed by atoms with Gasteiger partial charge >= 0.3 is 0 Å². The summed E-state index contributed by atoms with van der Waals surface area (Å²) >= 11 is 6.03. The molecule has 0 amide bonds. The molecule has 0 aromatic carbocycles. The molecule has 1 N–H and O–H groups in total. The third-order valence-electron chi connectivity index (χ3n) is 2.47. The summed E-state index contributed by atoms with van der Waals surface area (Å²) in [6, 6.07) is 3.61. The van der Waals surface area contributed by atoms with Gasteiger partial charge in [0.15, 0.2) is 0 Å². The predicted molar refractivity (Wildman–Crippen MR) is 69.4 cm³/mol. The van der Waals surface area contributed by atoms with Gasteiger partial charge in [-0.3, -0.25) is 4.68 Å². The third kappa shape index (κ3) is 2.79. The van der Waals surface area contributed by atoms with E-state index in [9.17, 15) is 0 Å². The number of hydrogen-bond donors (Lipinski definition) is 1. The first-order valence-electron chi connectivity index (χ1n) is 5.46. The summed E-state index contributed by atoms with van der Waals surface area (Å²) in [5.74, 6) is 0.541. The average molecular weight is 262 g/mol. The van der Waals surface area contributed by atoms with Crippen LogP contribution in [0.15, 0.2) is 24.7 Å². The number of anilines is 1. The van der Waals surface area contributed by atoms with Crippen molar-refractivity contribution < 1.29 is 0 Å². The molecule has 2 aromatic rings.